The Morgan fingerprint density at radius 2 is 2.00 bits per heavy atom. The van der Waals surface area contributed by atoms with Gasteiger partial charge in [-0.1, -0.05) is 45.6 Å². The molecule has 1 aliphatic carbocycles. The number of aromatic nitrogens is 5. The van der Waals surface area contributed by atoms with Gasteiger partial charge in [0.05, 0.1) is 24.9 Å². The van der Waals surface area contributed by atoms with Crippen LogP contribution in [0.5, 0.6) is 0 Å². The third-order valence-electron chi connectivity index (χ3n) is 7.45. The number of benzene rings is 1. The summed E-state index contributed by atoms with van der Waals surface area (Å²) < 4.78 is 7.80. The van der Waals surface area contributed by atoms with Crippen molar-refractivity contribution in [3.8, 4) is 0 Å². The summed E-state index contributed by atoms with van der Waals surface area (Å²) in [6.45, 7) is 5.37. The van der Waals surface area contributed by atoms with Crippen molar-refractivity contribution in [2.45, 2.75) is 90.4 Å². The zero-order chi connectivity index (χ0) is 24.9. The van der Waals surface area contributed by atoms with Gasteiger partial charge in [-0.15, -0.1) is 5.10 Å². The summed E-state index contributed by atoms with van der Waals surface area (Å²) in [6, 6.07) is 12.5. The van der Waals surface area contributed by atoms with Crippen molar-refractivity contribution in [3.63, 3.8) is 0 Å². The Hall–Kier alpha value is -3.26. The van der Waals surface area contributed by atoms with Gasteiger partial charge >= 0.3 is 0 Å². The number of hydrogen-bond acceptors (Lipinski definition) is 6. The van der Waals surface area contributed by atoms with Crippen molar-refractivity contribution >= 4 is 10.9 Å². The van der Waals surface area contributed by atoms with Crippen LogP contribution < -0.4 is 5.56 Å². The number of pyridine rings is 1. The molecule has 0 radical (unpaired) electrons. The van der Waals surface area contributed by atoms with Crippen LogP contribution in [0.3, 0.4) is 0 Å². The van der Waals surface area contributed by atoms with Gasteiger partial charge in [-0.2, -0.15) is 0 Å². The molecule has 3 aromatic heterocycles. The maximum absolute atomic E-state index is 13.2. The van der Waals surface area contributed by atoms with Crippen LogP contribution in [0.4, 0.5) is 0 Å². The number of furan rings is 1. The average Bonchev–Trinajstić information content (AvgIpc) is 3.60. The molecule has 1 fully saturated rings. The zero-order valence-corrected chi connectivity index (χ0v) is 21.3. The SMILES string of the molecule is CCC[C@@H](c1nnnn1C1CCCCC1)N(Cc1ccco1)Cc1cc2cc(CC)ccc2[nH]c1=O. The van der Waals surface area contributed by atoms with Crippen LogP contribution in [-0.2, 0) is 19.5 Å². The lowest BCUT2D eigenvalue weighted by Gasteiger charge is -2.32. The zero-order valence-electron chi connectivity index (χ0n) is 21.3. The van der Waals surface area contributed by atoms with E-state index in [9.17, 15) is 4.79 Å². The van der Waals surface area contributed by atoms with Gasteiger partial charge in [0.1, 0.15) is 5.76 Å². The Kier molecular flexibility index (Phi) is 7.60. The van der Waals surface area contributed by atoms with Crippen molar-refractivity contribution in [2.75, 3.05) is 0 Å². The van der Waals surface area contributed by atoms with E-state index in [4.69, 9.17) is 4.42 Å². The molecule has 1 saturated carbocycles. The highest BCUT2D eigenvalue weighted by Gasteiger charge is 2.30. The van der Waals surface area contributed by atoms with E-state index in [0.29, 0.717) is 19.1 Å². The van der Waals surface area contributed by atoms with E-state index in [1.54, 1.807) is 6.26 Å². The molecule has 1 aliphatic rings. The van der Waals surface area contributed by atoms with E-state index in [1.807, 2.05) is 24.3 Å². The molecule has 4 aromatic rings. The van der Waals surface area contributed by atoms with Gasteiger partial charge in [0.15, 0.2) is 5.82 Å². The molecule has 0 spiro atoms. The summed E-state index contributed by atoms with van der Waals surface area (Å²) in [5, 5.41) is 14.2. The maximum Gasteiger partial charge on any atom is 0.252 e. The van der Waals surface area contributed by atoms with Crippen LogP contribution in [0, 0.1) is 0 Å². The van der Waals surface area contributed by atoms with Crippen molar-refractivity contribution < 1.29 is 4.42 Å². The normalized spacial score (nSPS) is 15.6. The van der Waals surface area contributed by atoms with E-state index >= 15 is 0 Å². The molecule has 8 nitrogen and oxygen atoms in total. The van der Waals surface area contributed by atoms with Crippen LogP contribution in [0.1, 0.15) is 93.6 Å². The van der Waals surface area contributed by atoms with E-state index in [2.05, 4.69) is 56.1 Å². The molecule has 0 saturated heterocycles. The monoisotopic (exact) mass is 488 g/mol. The Morgan fingerprint density at radius 1 is 1.14 bits per heavy atom. The van der Waals surface area contributed by atoms with Gasteiger partial charge in [0.25, 0.3) is 5.56 Å². The van der Waals surface area contributed by atoms with E-state index in [-0.39, 0.29) is 11.6 Å². The molecule has 190 valence electrons. The third kappa shape index (κ3) is 5.28. The molecule has 36 heavy (non-hydrogen) atoms. The van der Waals surface area contributed by atoms with Crippen LogP contribution in [0.25, 0.3) is 10.9 Å². The number of nitrogens with zero attached hydrogens (tertiary/aromatic N) is 5. The molecule has 0 aliphatic heterocycles. The lowest BCUT2D eigenvalue weighted by atomic mass is 9.95. The first-order chi connectivity index (χ1) is 17.7. The maximum atomic E-state index is 13.2. The molecule has 5 rings (SSSR count). The van der Waals surface area contributed by atoms with Crippen LogP contribution >= 0.6 is 0 Å². The predicted molar refractivity (Wildman–Crippen MR) is 139 cm³/mol. The Bertz CT molecular complexity index is 1320. The minimum atomic E-state index is -0.0571. The largest absolute Gasteiger partial charge is 0.468 e. The number of tetrazole rings is 1. The summed E-state index contributed by atoms with van der Waals surface area (Å²) in [5.74, 6) is 1.75. The first-order valence-electron chi connectivity index (χ1n) is 13.3. The molecule has 1 atom stereocenters. The first kappa shape index (κ1) is 24.4. The summed E-state index contributed by atoms with van der Waals surface area (Å²) in [5.41, 5.74) is 2.80. The van der Waals surface area contributed by atoms with Crippen molar-refractivity contribution in [2.24, 2.45) is 0 Å². The lowest BCUT2D eigenvalue weighted by molar-refractivity contribution is 0.139. The summed E-state index contributed by atoms with van der Waals surface area (Å²) in [4.78, 5) is 18.5. The lowest BCUT2D eigenvalue weighted by Crippen LogP contribution is -2.33. The Morgan fingerprint density at radius 3 is 2.75 bits per heavy atom. The number of H-pyrrole nitrogens is 1. The summed E-state index contributed by atoms with van der Waals surface area (Å²) in [6.07, 6.45) is 10.4. The molecule has 0 bridgehead atoms. The Labute approximate surface area is 211 Å². The van der Waals surface area contributed by atoms with E-state index in [1.165, 1.54) is 24.8 Å². The highest BCUT2D eigenvalue weighted by molar-refractivity contribution is 5.79. The minimum absolute atomic E-state index is 0.0332. The van der Waals surface area contributed by atoms with Gasteiger partial charge in [0.2, 0.25) is 0 Å². The summed E-state index contributed by atoms with van der Waals surface area (Å²) >= 11 is 0. The molecule has 1 N–H and O–H groups in total. The molecule has 0 amide bonds. The van der Waals surface area contributed by atoms with Crippen LogP contribution in [-0.4, -0.2) is 30.1 Å². The Balaban J connectivity index is 1.53. The van der Waals surface area contributed by atoms with E-state index in [0.717, 1.165) is 60.2 Å². The topological polar surface area (TPSA) is 92.8 Å². The number of hydrogen-bond donors (Lipinski definition) is 1. The van der Waals surface area contributed by atoms with Gasteiger partial charge in [-0.25, -0.2) is 4.68 Å². The number of rotatable bonds is 10. The van der Waals surface area contributed by atoms with Crippen molar-refractivity contribution in [3.05, 3.63) is 75.7 Å². The van der Waals surface area contributed by atoms with Crippen molar-refractivity contribution in [1.82, 2.24) is 30.1 Å². The van der Waals surface area contributed by atoms with Crippen LogP contribution in [0.15, 0.2) is 51.9 Å². The second-order valence-electron chi connectivity index (χ2n) is 9.96. The number of fused-ring (bicyclic) bond motifs is 1. The second-order valence-corrected chi connectivity index (χ2v) is 9.96. The third-order valence-corrected chi connectivity index (χ3v) is 7.45. The quantitative estimate of drug-likeness (QED) is 0.307. The average molecular weight is 489 g/mol. The fourth-order valence-electron chi connectivity index (χ4n) is 5.49. The molecule has 0 unspecified atom stereocenters. The highest BCUT2D eigenvalue weighted by atomic mass is 16.3. The van der Waals surface area contributed by atoms with Gasteiger partial charge < -0.3 is 9.40 Å². The van der Waals surface area contributed by atoms with Gasteiger partial charge in [-0.05, 0) is 77.4 Å². The molecule has 8 heteroatoms. The number of aryl methyl sites for hydroxylation is 1. The van der Waals surface area contributed by atoms with Crippen molar-refractivity contribution in [1.29, 1.82) is 0 Å². The molecular formula is C28H36N6O2. The smallest absolute Gasteiger partial charge is 0.252 e. The van der Waals surface area contributed by atoms with E-state index < -0.39 is 0 Å². The van der Waals surface area contributed by atoms with Gasteiger partial charge in [0, 0.05) is 17.6 Å². The predicted octanol–water partition coefficient (Wildman–Crippen LogP) is 5.72. The molecular weight excluding hydrogens is 452 g/mol. The fraction of sp³-hybridized carbons (Fsp3) is 0.500. The summed E-state index contributed by atoms with van der Waals surface area (Å²) in [7, 11) is 0. The molecule has 1 aromatic carbocycles. The molecule has 3 heterocycles. The first-order valence-corrected chi connectivity index (χ1v) is 13.3. The second kappa shape index (κ2) is 11.2. The number of aromatic amines is 1. The fourth-order valence-corrected chi connectivity index (χ4v) is 5.49. The van der Waals surface area contributed by atoms with Crippen LogP contribution in [0.2, 0.25) is 0 Å². The minimum Gasteiger partial charge on any atom is -0.468 e. The highest BCUT2D eigenvalue weighted by Crippen LogP contribution is 2.33. The number of nitrogens with one attached hydrogen (secondary N) is 1. The standard InChI is InChI=1S/C28H36N6O2/c1-3-9-26(27-30-31-32-34(27)23-10-6-5-7-11-23)33(19-24-12-8-15-36-24)18-22-17-21-16-20(4-2)13-14-25(21)29-28(22)35/h8,12-17,23,26H,3-7,9-11,18-19H2,1-2H3,(H,29,35)/t26-/m0/s1. The van der Waals surface area contributed by atoms with Gasteiger partial charge in [-0.3, -0.25) is 9.69 Å².